The molecule has 14 heteroatoms. The number of rotatable bonds is 7. The molecule has 2 saturated heterocycles. The largest absolute Gasteiger partial charge is 0.474 e. The highest BCUT2D eigenvalue weighted by Crippen LogP contribution is 2.36. The van der Waals surface area contributed by atoms with E-state index in [1.54, 1.807) is 4.68 Å². The summed E-state index contributed by atoms with van der Waals surface area (Å²) in [4.78, 5) is 55.6. The molecule has 0 bridgehead atoms. The number of benzene rings is 3. The molecular weight excluding hydrogens is 697 g/mol. The van der Waals surface area contributed by atoms with Gasteiger partial charge in [-0.15, -0.1) is 0 Å². The third-order valence-electron chi connectivity index (χ3n) is 10.8. The van der Waals surface area contributed by atoms with Gasteiger partial charge in [0.25, 0.3) is 0 Å². The molecule has 0 saturated carbocycles. The minimum atomic E-state index is -0.439. The van der Waals surface area contributed by atoms with E-state index in [1.165, 1.54) is 0 Å². The Kier molecular flexibility index (Phi) is 8.72. The molecule has 3 N–H and O–H groups in total. The van der Waals surface area contributed by atoms with Gasteiger partial charge in [0.15, 0.2) is 0 Å². The lowest BCUT2D eigenvalue weighted by atomic mass is 9.93. The van der Waals surface area contributed by atoms with Gasteiger partial charge in [-0.05, 0) is 66.4 Å². The quantitative estimate of drug-likeness (QED) is 0.193. The van der Waals surface area contributed by atoms with E-state index in [0.717, 1.165) is 67.7 Å². The van der Waals surface area contributed by atoms with Crippen molar-refractivity contribution < 1.29 is 19.1 Å². The van der Waals surface area contributed by atoms with Gasteiger partial charge in [-0.1, -0.05) is 24.3 Å². The van der Waals surface area contributed by atoms with Gasteiger partial charge in [-0.25, -0.2) is 15.0 Å². The highest BCUT2D eigenvalue weighted by Gasteiger charge is 2.32. The first-order chi connectivity index (χ1) is 26.8. The fraction of sp³-hybridized carbons (Fsp3) is 0.293. The maximum Gasteiger partial charge on any atom is 0.237 e. The molecule has 3 aliphatic rings. The molecule has 3 amide bonds. The predicted molar refractivity (Wildman–Crippen MR) is 210 cm³/mol. The highest BCUT2D eigenvalue weighted by molar-refractivity contribution is 6.02. The number of pyridine rings is 1. The molecule has 0 radical (unpaired) electrons. The van der Waals surface area contributed by atoms with Crippen LogP contribution in [-0.2, 0) is 27.9 Å². The van der Waals surface area contributed by atoms with Crippen molar-refractivity contribution in [3.63, 3.8) is 0 Å². The summed E-state index contributed by atoms with van der Waals surface area (Å²) in [5.41, 5.74) is 9.31. The van der Waals surface area contributed by atoms with E-state index in [2.05, 4.69) is 67.1 Å². The molecule has 6 heterocycles. The number of carbonyl (C=O) groups is 3. The zero-order chi connectivity index (χ0) is 37.6. The lowest BCUT2D eigenvalue weighted by molar-refractivity contribution is -0.134. The van der Waals surface area contributed by atoms with Crippen LogP contribution in [0.5, 0.6) is 5.88 Å². The molecule has 0 spiro atoms. The van der Waals surface area contributed by atoms with Gasteiger partial charge >= 0.3 is 0 Å². The predicted octanol–water partition coefficient (Wildman–Crippen LogP) is 4.85. The van der Waals surface area contributed by atoms with Gasteiger partial charge < -0.3 is 25.2 Å². The Balaban J connectivity index is 0.812. The number of carbonyl (C=O) groups excluding carboxylic acids is 3. The minimum absolute atomic E-state index is 0.0951. The van der Waals surface area contributed by atoms with Gasteiger partial charge in [0.05, 0.1) is 29.1 Å². The van der Waals surface area contributed by atoms with Crippen molar-refractivity contribution in [2.45, 2.75) is 32.1 Å². The van der Waals surface area contributed by atoms with Crippen LogP contribution in [0.3, 0.4) is 0 Å². The summed E-state index contributed by atoms with van der Waals surface area (Å²) in [6, 6.07) is 20.1. The van der Waals surface area contributed by atoms with E-state index >= 15 is 0 Å². The summed E-state index contributed by atoms with van der Waals surface area (Å²) in [5.74, 6) is 0.253. The number of hydrogen-bond donors (Lipinski definition) is 3. The van der Waals surface area contributed by atoms with Gasteiger partial charge in [-0.2, -0.15) is 5.10 Å². The monoisotopic (exact) mass is 736 g/mol. The van der Waals surface area contributed by atoms with Crippen LogP contribution in [-0.4, -0.2) is 86.7 Å². The van der Waals surface area contributed by atoms with Crippen LogP contribution in [0, 0.1) is 6.92 Å². The van der Waals surface area contributed by atoms with E-state index in [0.29, 0.717) is 69.6 Å². The molecule has 3 aromatic carbocycles. The van der Waals surface area contributed by atoms with Crippen molar-refractivity contribution in [1.29, 1.82) is 0 Å². The van der Waals surface area contributed by atoms with Crippen molar-refractivity contribution >= 4 is 62.5 Å². The second-order valence-corrected chi connectivity index (χ2v) is 14.3. The van der Waals surface area contributed by atoms with E-state index in [-0.39, 0.29) is 17.7 Å². The summed E-state index contributed by atoms with van der Waals surface area (Å²) in [6.45, 7) is 6.09. The van der Waals surface area contributed by atoms with Crippen molar-refractivity contribution in [3.05, 3.63) is 89.9 Å². The molecule has 3 aromatic heterocycles. The minimum Gasteiger partial charge on any atom is -0.474 e. The summed E-state index contributed by atoms with van der Waals surface area (Å²) < 4.78 is 7.50. The van der Waals surface area contributed by atoms with Crippen LogP contribution in [0.4, 0.5) is 23.0 Å². The molecule has 14 nitrogen and oxygen atoms in total. The maximum atomic E-state index is 13.3. The van der Waals surface area contributed by atoms with Gasteiger partial charge in [0.1, 0.15) is 12.3 Å². The standard InChI is InChI=1S/C41H40N10O4/c1-24-32(23-43-40-37(24)42-13-18-55-40)26-5-6-27-22-44-41(46-33(27)20-26)45-28-7-3-25(4-8-28)19-36(53)51-16-14-50(15-17-51)29-9-10-30-34(21-29)49(2)48-38(30)31-11-12-35(52)47-39(31)54/h3-10,20-23,31,42H,11-19H2,1-2H3,(H,44,45,46)(H,47,52,54). The van der Waals surface area contributed by atoms with E-state index in [9.17, 15) is 14.4 Å². The Labute approximate surface area is 316 Å². The number of fused-ring (bicyclic) bond motifs is 3. The van der Waals surface area contributed by atoms with Crippen LogP contribution in [0.25, 0.3) is 32.9 Å². The first kappa shape index (κ1) is 34.2. The lowest BCUT2D eigenvalue weighted by Gasteiger charge is -2.36. The number of aromatic nitrogens is 5. The number of ether oxygens (including phenoxy) is 1. The molecule has 0 aliphatic carbocycles. The SMILES string of the molecule is Cc1c(-c2ccc3cnc(Nc4ccc(CC(=O)N5CCN(c6ccc7c(C8CCC(=O)NC8=O)nn(C)c7c6)CC5)cc4)nc3c2)cnc2c1NCCO2. The van der Waals surface area contributed by atoms with Crippen molar-refractivity contribution in [2.75, 3.05) is 54.9 Å². The average Bonchev–Trinajstić information content (AvgIpc) is 3.53. The second kappa shape index (κ2) is 14.0. The number of aryl methyl sites for hydroxylation is 1. The number of hydrogen-bond acceptors (Lipinski definition) is 11. The molecule has 6 aromatic rings. The topological polar surface area (TPSA) is 160 Å². The molecule has 278 valence electrons. The van der Waals surface area contributed by atoms with Crippen molar-refractivity contribution in [3.8, 4) is 17.0 Å². The normalized spacial score (nSPS) is 17.1. The van der Waals surface area contributed by atoms with E-state index < -0.39 is 5.92 Å². The maximum absolute atomic E-state index is 13.3. The Morgan fingerprint density at radius 2 is 1.82 bits per heavy atom. The van der Waals surface area contributed by atoms with Gasteiger partial charge in [0.2, 0.25) is 29.5 Å². The van der Waals surface area contributed by atoms with E-state index in [4.69, 9.17) is 9.72 Å². The smallest absolute Gasteiger partial charge is 0.237 e. The first-order valence-corrected chi connectivity index (χ1v) is 18.6. The third-order valence-corrected chi connectivity index (χ3v) is 10.8. The summed E-state index contributed by atoms with van der Waals surface area (Å²) in [7, 11) is 1.87. The first-order valence-electron chi connectivity index (χ1n) is 18.6. The summed E-state index contributed by atoms with van der Waals surface area (Å²) in [6.07, 6.45) is 4.75. The number of nitrogens with one attached hydrogen (secondary N) is 3. The summed E-state index contributed by atoms with van der Waals surface area (Å²) >= 11 is 0. The zero-order valence-corrected chi connectivity index (χ0v) is 30.6. The molecule has 55 heavy (non-hydrogen) atoms. The van der Waals surface area contributed by atoms with Crippen molar-refractivity contribution in [1.82, 2.24) is 34.9 Å². The number of piperidine rings is 1. The van der Waals surface area contributed by atoms with Crippen molar-refractivity contribution in [2.24, 2.45) is 7.05 Å². The summed E-state index contributed by atoms with van der Waals surface area (Å²) in [5, 5.41) is 15.7. The Hall–Kier alpha value is -6.57. The number of piperazine rings is 1. The van der Waals surface area contributed by atoms with Gasteiger partial charge in [0, 0.05) is 86.3 Å². The van der Waals surface area contributed by atoms with Crippen LogP contribution in [0.15, 0.2) is 73.1 Å². The lowest BCUT2D eigenvalue weighted by Crippen LogP contribution is -2.49. The molecule has 1 unspecified atom stereocenters. The Morgan fingerprint density at radius 1 is 0.982 bits per heavy atom. The number of imide groups is 1. The number of nitrogens with zero attached hydrogens (tertiary/aromatic N) is 7. The number of anilines is 4. The Morgan fingerprint density at radius 3 is 2.64 bits per heavy atom. The molecule has 9 rings (SSSR count). The molecule has 2 fully saturated rings. The highest BCUT2D eigenvalue weighted by atomic mass is 16.5. The van der Waals surface area contributed by atoms with Crippen LogP contribution in [0.2, 0.25) is 0 Å². The molecular formula is C41H40N10O4. The molecule has 3 aliphatic heterocycles. The number of amides is 3. The van der Waals surface area contributed by atoms with Crippen LogP contribution >= 0.6 is 0 Å². The van der Waals surface area contributed by atoms with Crippen LogP contribution in [0.1, 0.15) is 35.6 Å². The van der Waals surface area contributed by atoms with Gasteiger partial charge in [-0.3, -0.25) is 24.4 Å². The fourth-order valence-corrected chi connectivity index (χ4v) is 7.78. The zero-order valence-electron chi connectivity index (χ0n) is 30.6. The third kappa shape index (κ3) is 6.64. The average molecular weight is 737 g/mol. The Bertz CT molecular complexity index is 2490. The second-order valence-electron chi connectivity index (χ2n) is 14.3. The van der Waals surface area contributed by atoms with Crippen LogP contribution < -0.4 is 25.6 Å². The molecule has 1 atom stereocenters. The van der Waals surface area contributed by atoms with E-state index in [1.807, 2.05) is 60.7 Å². The fourth-order valence-electron chi connectivity index (χ4n) is 7.78.